The molecule has 0 aliphatic carbocycles. The van der Waals surface area contributed by atoms with Gasteiger partial charge >= 0.3 is 0 Å². The zero-order valence-corrected chi connectivity index (χ0v) is 19.9. The monoisotopic (exact) mass is 463 g/mol. The van der Waals surface area contributed by atoms with E-state index in [-0.39, 0.29) is 23.9 Å². The maximum atomic E-state index is 12.6. The van der Waals surface area contributed by atoms with Crippen molar-refractivity contribution < 1.29 is 14.2 Å². The molecular formula is C25H29N5O4. The van der Waals surface area contributed by atoms with Gasteiger partial charge in [-0.05, 0) is 39.0 Å². The molecule has 178 valence electrons. The fourth-order valence-corrected chi connectivity index (χ4v) is 4.17. The molecule has 0 saturated carbocycles. The molecule has 3 aromatic rings. The van der Waals surface area contributed by atoms with Crippen molar-refractivity contribution in [1.82, 2.24) is 14.5 Å². The smallest absolute Gasteiger partial charge is 0.252 e. The topological polar surface area (TPSA) is 103 Å². The Hall–Kier alpha value is -3.64. The van der Waals surface area contributed by atoms with E-state index in [1.54, 1.807) is 42.1 Å². The lowest BCUT2D eigenvalue weighted by atomic mass is 10.0. The van der Waals surface area contributed by atoms with E-state index in [9.17, 15) is 10.1 Å². The molecule has 3 aromatic heterocycles. The van der Waals surface area contributed by atoms with Gasteiger partial charge in [-0.25, -0.2) is 9.97 Å². The van der Waals surface area contributed by atoms with Gasteiger partial charge in [0, 0.05) is 45.3 Å². The first-order valence-electron chi connectivity index (χ1n) is 11.5. The lowest BCUT2D eigenvalue weighted by molar-refractivity contribution is -0.0296. The minimum absolute atomic E-state index is 0.0739. The quantitative estimate of drug-likeness (QED) is 0.527. The Balaban J connectivity index is 1.58. The highest BCUT2D eigenvalue weighted by Crippen LogP contribution is 2.29. The first-order chi connectivity index (χ1) is 16.4. The predicted molar refractivity (Wildman–Crippen MR) is 128 cm³/mol. The molecule has 1 aliphatic heterocycles. The number of hydrogen-bond donors (Lipinski definition) is 0. The van der Waals surface area contributed by atoms with Crippen molar-refractivity contribution in [2.75, 3.05) is 24.6 Å². The molecular weight excluding hydrogens is 434 g/mol. The standard InChI is InChI=1S/C25H29N5O4/c1-5-32-22-15-30(11-10-21(22)34-23-9-7-18(14-27-23)33-16(2)3)20-12-24(31)29(4)19-8-6-17(13-26)28-25(19)20/h6-9,12,14,16,21-22H,5,10-11,15H2,1-4H3/t21-,22+/m0/s1. The number of nitrogens with zero attached hydrogens (tertiary/aromatic N) is 5. The second-order valence-electron chi connectivity index (χ2n) is 8.49. The van der Waals surface area contributed by atoms with Crippen LogP contribution in [-0.4, -0.2) is 52.5 Å². The van der Waals surface area contributed by atoms with Gasteiger partial charge in [-0.1, -0.05) is 0 Å². The van der Waals surface area contributed by atoms with Crippen molar-refractivity contribution in [3.05, 3.63) is 52.6 Å². The van der Waals surface area contributed by atoms with Crippen molar-refractivity contribution in [3.8, 4) is 17.7 Å². The van der Waals surface area contributed by atoms with Crippen LogP contribution in [0.2, 0.25) is 0 Å². The minimum atomic E-state index is -0.231. The summed E-state index contributed by atoms with van der Waals surface area (Å²) in [5.41, 5.74) is 2.18. The van der Waals surface area contributed by atoms with Gasteiger partial charge in [0.05, 0.1) is 23.5 Å². The molecule has 1 saturated heterocycles. The molecule has 0 radical (unpaired) electrons. The van der Waals surface area contributed by atoms with E-state index in [1.165, 1.54) is 0 Å². The second-order valence-corrected chi connectivity index (χ2v) is 8.49. The van der Waals surface area contributed by atoms with Crippen molar-refractivity contribution in [2.45, 2.75) is 45.5 Å². The molecule has 1 aliphatic rings. The van der Waals surface area contributed by atoms with Crippen molar-refractivity contribution in [1.29, 1.82) is 5.26 Å². The van der Waals surface area contributed by atoms with E-state index in [1.807, 2.05) is 26.8 Å². The van der Waals surface area contributed by atoms with Gasteiger partial charge in [-0.15, -0.1) is 0 Å². The summed E-state index contributed by atoms with van der Waals surface area (Å²) < 4.78 is 19.4. The van der Waals surface area contributed by atoms with E-state index >= 15 is 0 Å². The molecule has 1 fully saturated rings. The van der Waals surface area contributed by atoms with Crippen LogP contribution < -0.4 is 19.9 Å². The number of pyridine rings is 3. The summed E-state index contributed by atoms with van der Waals surface area (Å²) in [6, 6.07) is 10.7. The average molecular weight is 464 g/mol. The lowest BCUT2D eigenvalue weighted by Crippen LogP contribution is -2.50. The summed E-state index contributed by atoms with van der Waals surface area (Å²) in [6.45, 7) is 7.57. The number of ether oxygens (including phenoxy) is 3. The predicted octanol–water partition coefficient (Wildman–Crippen LogP) is 3.05. The summed E-state index contributed by atoms with van der Waals surface area (Å²) in [5, 5.41) is 9.32. The van der Waals surface area contributed by atoms with Gasteiger partial charge in [-0.3, -0.25) is 4.79 Å². The number of hydrogen-bond acceptors (Lipinski definition) is 8. The molecule has 0 bridgehead atoms. The zero-order chi connectivity index (χ0) is 24.2. The molecule has 4 rings (SSSR count). The van der Waals surface area contributed by atoms with Crippen LogP contribution in [0.5, 0.6) is 11.6 Å². The summed E-state index contributed by atoms with van der Waals surface area (Å²) in [6.07, 6.45) is 1.98. The third-order valence-corrected chi connectivity index (χ3v) is 5.76. The Bertz CT molecular complexity index is 1250. The normalized spacial score (nSPS) is 18.2. The van der Waals surface area contributed by atoms with E-state index in [4.69, 9.17) is 14.2 Å². The summed E-state index contributed by atoms with van der Waals surface area (Å²) in [5.74, 6) is 1.21. The van der Waals surface area contributed by atoms with E-state index < -0.39 is 0 Å². The molecule has 0 N–H and O–H groups in total. The number of fused-ring (bicyclic) bond motifs is 1. The number of nitriles is 1. The van der Waals surface area contributed by atoms with E-state index in [2.05, 4.69) is 20.9 Å². The zero-order valence-electron chi connectivity index (χ0n) is 19.9. The van der Waals surface area contributed by atoms with Gasteiger partial charge in [-0.2, -0.15) is 5.26 Å². The summed E-state index contributed by atoms with van der Waals surface area (Å²) in [7, 11) is 1.70. The number of piperidine rings is 1. The number of aryl methyl sites for hydroxylation is 1. The van der Waals surface area contributed by atoms with Crippen LogP contribution in [-0.2, 0) is 11.8 Å². The third kappa shape index (κ3) is 4.97. The first kappa shape index (κ1) is 23.5. The second kappa shape index (κ2) is 10.1. The van der Waals surface area contributed by atoms with E-state index in [0.29, 0.717) is 60.2 Å². The Morgan fingerprint density at radius 3 is 2.74 bits per heavy atom. The van der Waals surface area contributed by atoms with Crippen LogP contribution in [0.3, 0.4) is 0 Å². The van der Waals surface area contributed by atoms with Gasteiger partial charge in [0.2, 0.25) is 5.88 Å². The SMILES string of the molecule is CCO[C@@H]1CN(c2cc(=O)n(C)c3ccc(C#N)nc23)CC[C@@H]1Oc1ccc(OC(C)C)cn1. The maximum Gasteiger partial charge on any atom is 0.252 e. The highest BCUT2D eigenvalue weighted by Gasteiger charge is 2.33. The summed E-state index contributed by atoms with van der Waals surface area (Å²) in [4.78, 5) is 23.6. The molecule has 0 unspecified atom stereocenters. The van der Waals surface area contributed by atoms with Crippen molar-refractivity contribution >= 4 is 16.7 Å². The molecule has 0 aromatic carbocycles. The van der Waals surface area contributed by atoms with Gasteiger partial charge in [0.15, 0.2) is 0 Å². The highest BCUT2D eigenvalue weighted by atomic mass is 16.5. The first-order valence-corrected chi connectivity index (χ1v) is 11.5. The molecule has 9 nitrogen and oxygen atoms in total. The lowest BCUT2D eigenvalue weighted by Gasteiger charge is -2.39. The van der Waals surface area contributed by atoms with Crippen molar-refractivity contribution in [2.24, 2.45) is 7.05 Å². The van der Waals surface area contributed by atoms with Crippen LogP contribution in [0.25, 0.3) is 11.0 Å². The Morgan fingerprint density at radius 2 is 2.06 bits per heavy atom. The molecule has 4 heterocycles. The molecule has 34 heavy (non-hydrogen) atoms. The van der Waals surface area contributed by atoms with Gasteiger partial charge < -0.3 is 23.7 Å². The molecule has 9 heteroatoms. The number of rotatable bonds is 7. The van der Waals surface area contributed by atoms with Gasteiger partial charge in [0.25, 0.3) is 5.56 Å². The maximum absolute atomic E-state index is 12.6. The molecule has 0 amide bonds. The van der Waals surface area contributed by atoms with Crippen LogP contribution in [0.4, 0.5) is 5.69 Å². The Labute approximate surface area is 198 Å². The third-order valence-electron chi connectivity index (χ3n) is 5.76. The molecule has 2 atom stereocenters. The van der Waals surface area contributed by atoms with Crippen LogP contribution >= 0.6 is 0 Å². The minimum Gasteiger partial charge on any atom is -0.489 e. The highest BCUT2D eigenvalue weighted by molar-refractivity contribution is 5.88. The van der Waals surface area contributed by atoms with Crippen LogP contribution in [0.1, 0.15) is 32.9 Å². The Morgan fingerprint density at radius 1 is 1.24 bits per heavy atom. The summed E-state index contributed by atoms with van der Waals surface area (Å²) >= 11 is 0. The fourth-order valence-electron chi connectivity index (χ4n) is 4.17. The number of anilines is 1. The van der Waals surface area contributed by atoms with Crippen molar-refractivity contribution in [3.63, 3.8) is 0 Å². The fraction of sp³-hybridized carbons (Fsp3) is 0.440. The van der Waals surface area contributed by atoms with Gasteiger partial charge in [0.1, 0.15) is 35.2 Å². The average Bonchev–Trinajstić information content (AvgIpc) is 2.83. The van der Waals surface area contributed by atoms with Crippen LogP contribution in [0, 0.1) is 11.3 Å². The molecule has 0 spiro atoms. The Kier molecular flexibility index (Phi) is 6.98. The number of aromatic nitrogens is 3. The van der Waals surface area contributed by atoms with Crippen LogP contribution in [0.15, 0.2) is 41.3 Å². The van der Waals surface area contributed by atoms with E-state index in [0.717, 1.165) is 0 Å². The largest absolute Gasteiger partial charge is 0.489 e.